The predicted molar refractivity (Wildman–Crippen MR) is 107 cm³/mol. The van der Waals surface area contributed by atoms with E-state index in [0.717, 1.165) is 42.6 Å². The smallest absolute Gasteiger partial charge is 0.187 e. The van der Waals surface area contributed by atoms with Gasteiger partial charge >= 0.3 is 0 Å². The third kappa shape index (κ3) is 3.69. The van der Waals surface area contributed by atoms with Crippen LogP contribution in [0.3, 0.4) is 0 Å². The normalized spacial score (nSPS) is 15.7. The van der Waals surface area contributed by atoms with Gasteiger partial charge in [0, 0.05) is 36.1 Å². The van der Waals surface area contributed by atoms with Gasteiger partial charge in [0.15, 0.2) is 17.2 Å². The third-order valence-corrected chi connectivity index (χ3v) is 5.71. The maximum atomic E-state index is 14.5. The van der Waals surface area contributed by atoms with Gasteiger partial charge in [-0.25, -0.2) is 14.4 Å². The molecule has 6 nitrogen and oxygen atoms in total. The highest BCUT2D eigenvalue weighted by Crippen LogP contribution is 2.27. The summed E-state index contributed by atoms with van der Waals surface area (Å²) in [6.07, 6.45) is 3.88. The number of nitrogens with zero attached hydrogens (tertiary/aromatic N) is 5. The van der Waals surface area contributed by atoms with Gasteiger partial charge < -0.3 is 9.42 Å². The number of fused-ring (bicyclic) bond motifs is 1. The predicted octanol–water partition coefficient (Wildman–Crippen LogP) is 4.07. The first-order valence-electron chi connectivity index (χ1n) is 9.55. The van der Waals surface area contributed by atoms with Crippen molar-refractivity contribution in [1.29, 1.82) is 0 Å². The molecule has 28 heavy (non-hydrogen) atoms. The summed E-state index contributed by atoms with van der Waals surface area (Å²) in [5.41, 5.74) is 2.10. The van der Waals surface area contributed by atoms with Crippen LogP contribution in [0.2, 0.25) is 5.02 Å². The standard InChI is InChI=1S/C20H23ClFN5O/c1-3-16-19(22)20(24-12-23-16)27-8-6-14(7-9-27)26(2)11-17-15-10-13(21)4-5-18(15)28-25-17/h4-5,10,12,14H,3,6-9,11H2,1-2H3. The zero-order valence-corrected chi connectivity index (χ0v) is 16.8. The molecule has 0 saturated carbocycles. The molecule has 1 aromatic carbocycles. The van der Waals surface area contributed by atoms with E-state index in [-0.39, 0.29) is 5.82 Å². The highest BCUT2D eigenvalue weighted by molar-refractivity contribution is 6.31. The van der Waals surface area contributed by atoms with Crippen molar-refractivity contribution in [1.82, 2.24) is 20.0 Å². The van der Waals surface area contributed by atoms with Crippen LogP contribution in [0.5, 0.6) is 0 Å². The first-order chi connectivity index (χ1) is 13.6. The van der Waals surface area contributed by atoms with E-state index in [9.17, 15) is 4.39 Å². The first kappa shape index (κ1) is 19.1. The summed E-state index contributed by atoms with van der Waals surface area (Å²) in [5, 5.41) is 5.84. The number of hydrogen-bond donors (Lipinski definition) is 0. The van der Waals surface area contributed by atoms with Gasteiger partial charge in [-0.05, 0) is 44.5 Å². The van der Waals surface area contributed by atoms with E-state index in [2.05, 4.69) is 27.1 Å². The molecule has 0 spiro atoms. The molecule has 1 aliphatic rings. The average Bonchev–Trinajstić information content (AvgIpc) is 3.10. The second-order valence-corrected chi connectivity index (χ2v) is 7.65. The van der Waals surface area contributed by atoms with Gasteiger partial charge in [0.25, 0.3) is 0 Å². The fourth-order valence-electron chi connectivity index (χ4n) is 3.82. The summed E-state index contributed by atoms with van der Waals surface area (Å²) in [7, 11) is 2.09. The Hall–Kier alpha value is -2.25. The molecule has 0 N–H and O–H groups in total. The molecule has 8 heteroatoms. The monoisotopic (exact) mass is 403 g/mol. The molecule has 1 fully saturated rings. The lowest BCUT2D eigenvalue weighted by atomic mass is 10.0. The number of rotatable bonds is 5. The maximum absolute atomic E-state index is 14.5. The molecule has 2 aromatic heterocycles. The van der Waals surface area contributed by atoms with Crippen LogP contribution in [0, 0.1) is 5.82 Å². The summed E-state index contributed by atoms with van der Waals surface area (Å²) in [6.45, 7) is 4.10. The summed E-state index contributed by atoms with van der Waals surface area (Å²) < 4.78 is 19.9. The Bertz CT molecular complexity index is 970. The van der Waals surface area contributed by atoms with E-state index in [4.69, 9.17) is 16.1 Å². The van der Waals surface area contributed by atoms with Gasteiger partial charge in [0.1, 0.15) is 12.0 Å². The lowest BCUT2D eigenvalue weighted by Crippen LogP contribution is -2.43. The van der Waals surface area contributed by atoms with Crippen molar-refractivity contribution in [3.05, 3.63) is 46.8 Å². The number of benzene rings is 1. The summed E-state index contributed by atoms with van der Waals surface area (Å²) in [5.74, 6) is 0.132. The van der Waals surface area contributed by atoms with E-state index in [1.807, 2.05) is 24.0 Å². The minimum Gasteiger partial charge on any atom is -0.356 e. The largest absolute Gasteiger partial charge is 0.356 e. The van der Waals surface area contributed by atoms with Crippen molar-refractivity contribution in [2.24, 2.45) is 0 Å². The molecule has 0 amide bonds. The fraction of sp³-hybridized carbons (Fsp3) is 0.450. The zero-order valence-electron chi connectivity index (χ0n) is 16.0. The highest BCUT2D eigenvalue weighted by atomic mass is 35.5. The molecule has 1 aliphatic heterocycles. The Labute approximate surface area is 168 Å². The van der Waals surface area contributed by atoms with E-state index < -0.39 is 0 Å². The van der Waals surface area contributed by atoms with Gasteiger partial charge in [0.05, 0.1) is 5.69 Å². The molecule has 148 valence electrons. The molecule has 0 atom stereocenters. The second-order valence-electron chi connectivity index (χ2n) is 7.21. The number of aryl methyl sites for hydroxylation is 1. The SMILES string of the molecule is CCc1ncnc(N2CCC(N(C)Cc3noc4ccc(Cl)cc34)CC2)c1F. The van der Waals surface area contributed by atoms with Crippen molar-refractivity contribution in [2.75, 3.05) is 25.0 Å². The van der Waals surface area contributed by atoms with Gasteiger partial charge in [-0.2, -0.15) is 0 Å². The molecule has 3 heterocycles. The van der Waals surface area contributed by atoms with Crippen molar-refractivity contribution in [2.45, 2.75) is 38.8 Å². The van der Waals surface area contributed by atoms with Crippen molar-refractivity contribution in [3.63, 3.8) is 0 Å². The van der Waals surface area contributed by atoms with E-state index in [1.165, 1.54) is 6.33 Å². The van der Waals surface area contributed by atoms with E-state index in [0.29, 0.717) is 35.5 Å². The Morgan fingerprint density at radius 3 is 2.79 bits per heavy atom. The maximum Gasteiger partial charge on any atom is 0.187 e. The van der Waals surface area contributed by atoms with Gasteiger partial charge in [-0.1, -0.05) is 23.7 Å². The van der Waals surface area contributed by atoms with E-state index in [1.54, 1.807) is 6.07 Å². The molecule has 1 saturated heterocycles. The number of aromatic nitrogens is 3. The number of piperidine rings is 1. The Kier molecular flexibility index (Phi) is 5.46. The van der Waals surface area contributed by atoms with Crippen LogP contribution in [-0.4, -0.2) is 46.2 Å². The molecule has 0 bridgehead atoms. The lowest BCUT2D eigenvalue weighted by Gasteiger charge is -2.37. The lowest BCUT2D eigenvalue weighted by molar-refractivity contribution is 0.195. The van der Waals surface area contributed by atoms with Crippen molar-refractivity contribution >= 4 is 28.4 Å². The summed E-state index contributed by atoms with van der Waals surface area (Å²) in [4.78, 5) is 12.5. The second kappa shape index (κ2) is 8.01. The number of anilines is 1. The molecule has 0 aliphatic carbocycles. The Morgan fingerprint density at radius 2 is 2.04 bits per heavy atom. The molecular weight excluding hydrogens is 381 g/mol. The zero-order chi connectivity index (χ0) is 19.7. The van der Waals surface area contributed by atoms with Crippen LogP contribution in [0.4, 0.5) is 10.2 Å². The molecule has 4 rings (SSSR count). The van der Waals surface area contributed by atoms with Gasteiger partial charge in [-0.15, -0.1) is 0 Å². The molecule has 0 radical (unpaired) electrons. The first-order valence-corrected chi connectivity index (χ1v) is 9.93. The minimum atomic E-state index is -0.289. The topological polar surface area (TPSA) is 58.3 Å². The van der Waals surface area contributed by atoms with Crippen LogP contribution in [-0.2, 0) is 13.0 Å². The summed E-state index contributed by atoms with van der Waals surface area (Å²) >= 11 is 6.11. The van der Waals surface area contributed by atoms with Gasteiger partial charge in [-0.3, -0.25) is 4.90 Å². The Morgan fingerprint density at radius 1 is 1.25 bits per heavy atom. The molecule has 0 unspecified atom stereocenters. The Balaban J connectivity index is 1.41. The minimum absolute atomic E-state index is 0.289. The van der Waals surface area contributed by atoms with Crippen LogP contribution in [0.1, 0.15) is 31.2 Å². The van der Waals surface area contributed by atoms with Crippen LogP contribution in [0.15, 0.2) is 29.0 Å². The number of halogens is 2. The average molecular weight is 404 g/mol. The highest BCUT2D eigenvalue weighted by Gasteiger charge is 2.26. The van der Waals surface area contributed by atoms with Crippen LogP contribution < -0.4 is 4.90 Å². The fourth-order valence-corrected chi connectivity index (χ4v) is 3.99. The summed E-state index contributed by atoms with van der Waals surface area (Å²) in [6, 6.07) is 5.92. The van der Waals surface area contributed by atoms with Crippen molar-refractivity contribution < 1.29 is 8.91 Å². The molecule has 3 aromatic rings. The van der Waals surface area contributed by atoms with Crippen LogP contribution in [0.25, 0.3) is 11.0 Å². The quantitative estimate of drug-likeness (QED) is 0.640. The van der Waals surface area contributed by atoms with E-state index >= 15 is 0 Å². The third-order valence-electron chi connectivity index (χ3n) is 5.47. The number of hydrogen-bond acceptors (Lipinski definition) is 6. The van der Waals surface area contributed by atoms with Crippen LogP contribution >= 0.6 is 11.6 Å². The van der Waals surface area contributed by atoms with Crippen molar-refractivity contribution in [3.8, 4) is 0 Å². The molecular formula is C20H23ClFN5O. The van der Waals surface area contributed by atoms with Gasteiger partial charge in [0.2, 0.25) is 0 Å².